The zero-order valence-electron chi connectivity index (χ0n) is 18.9. The number of rotatable bonds is 10. The highest BCUT2D eigenvalue weighted by molar-refractivity contribution is 5.70. The van der Waals surface area contributed by atoms with E-state index in [2.05, 4.69) is 5.32 Å². The molecular weight excluding hydrogens is 394 g/mol. The number of carbonyl (C=O) groups excluding carboxylic acids is 2. The van der Waals surface area contributed by atoms with Gasteiger partial charge in [0.1, 0.15) is 18.0 Å². The van der Waals surface area contributed by atoms with Gasteiger partial charge in [-0.05, 0) is 63.8 Å². The van der Waals surface area contributed by atoms with Crippen molar-refractivity contribution in [1.29, 1.82) is 0 Å². The number of alkyl carbamates (subject to hydrolysis) is 1. The number of carbonyl (C=O) groups is 2. The molecule has 0 saturated carbocycles. The van der Waals surface area contributed by atoms with Gasteiger partial charge in [-0.2, -0.15) is 0 Å². The second-order valence-electron chi connectivity index (χ2n) is 8.31. The second-order valence-corrected chi connectivity index (χ2v) is 8.31. The van der Waals surface area contributed by atoms with Gasteiger partial charge in [0, 0.05) is 12.5 Å². The Kier molecular flexibility index (Phi) is 9.38. The van der Waals surface area contributed by atoms with Crippen LogP contribution in [0.5, 0.6) is 5.75 Å². The van der Waals surface area contributed by atoms with Crippen LogP contribution in [-0.4, -0.2) is 30.3 Å². The lowest BCUT2D eigenvalue weighted by molar-refractivity contribution is -0.143. The molecule has 1 amide bonds. The summed E-state index contributed by atoms with van der Waals surface area (Å²) in [6.45, 7) is 8.06. The standard InChI is InChI=1S/C25H33NO5/c1-5-29-23(27)16-13-21(26-24(28)31-25(2,3)4)17-19-11-14-22(15-12-19)30-18-20-9-7-6-8-10-20/h6-12,14-15,21H,5,13,16-18H2,1-4H3,(H,26,28)/t21-/m1/s1. The first-order chi connectivity index (χ1) is 14.7. The third-order valence-electron chi connectivity index (χ3n) is 4.38. The van der Waals surface area contributed by atoms with Gasteiger partial charge in [-0.15, -0.1) is 0 Å². The molecule has 6 nitrogen and oxygen atoms in total. The Hall–Kier alpha value is -3.02. The first kappa shape index (κ1) is 24.3. The Bertz CT molecular complexity index is 812. The molecule has 168 valence electrons. The van der Waals surface area contributed by atoms with Gasteiger partial charge in [0.15, 0.2) is 0 Å². The molecule has 0 spiro atoms. The largest absolute Gasteiger partial charge is 0.489 e. The molecule has 2 aromatic carbocycles. The number of esters is 1. The maximum absolute atomic E-state index is 12.2. The van der Waals surface area contributed by atoms with Gasteiger partial charge >= 0.3 is 12.1 Å². The summed E-state index contributed by atoms with van der Waals surface area (Å²) >= 11 is 0. The maximum atomic E-state index is 12.2. The lowest BCUT2D eigenvalue weighted by Crippen LogP contribution is -2.40. The van der Waals surface area contributed by atoms with Crippen LogP contribution in [0.4, 0.5) is 4.79 Å². The first-order valence-corrected chi connectivity index (χ1v) is 10.7. The summed E-state index contributed by atoms with van der Waals surface area (Å²) in [5, 5.41) is 2.88. The molecule has 0 bridgehead atoms. The molecule has 0 fully saturated rings. The summed E-state index contributed by atoms with van der Waals surface area (Å²) < 4.78 is 16.2. The lowest BCUT2D eigenvalue weighted by Gasteiger charge is -2.23. The zero-order chi connectivity index (χ0) is 22.7. The fourth-order valence-corrected chi connectivity index (χ4v) is 2.97. The normalized spacial score (nSPS) is 12.0. The third kappa shape index (κ3) is 10.0. The summed E-state index contributed by atoms with van der Waals surface area (Å²) in [7, 11) is 0. The minimum absolute atomic E-state index is 0.229. The summed E-state index contributed by atoms with van der Waals surface area (Å²) in [5.74, 6) is 0.499. The minimum Gasteiger partial charge on any atom is -0.489 e. The highest BCUT2D eigenvalue weighted by Crippen LogP contribution is 2.17. The summed E-state index contributed by atoms with van der Waals surface area (Å²) in [6.07, 6.45) is 0.762. The van der Waals surface area contributed by atoms with Crippen molar-refractivity contribution < 1.29 is 23.8 Å². The van der Waals surface area contributed by atoms with Crippen LogP contribution < -0.4 is 10.1 Å². The molecule has 2 rings (SSSR count). The van der Waals surface area contributed by atoms with Gasteiger partial charge in [0.2, 0.25) is 0 Å². The molecule has 1 N–H and O–H groups in total. The Labute approximate surface area is 184 Å². The molecule has 6 heteroatoms. The molecule has 0 aromatic heterocycles. The topological polar surface area (TPSA) is 73.9 Å². The van der Waals surface area contributed by atoms with Crippen LogP contribution in [0.2, 0.25) is 0 Å². The predicted octanol–water partition coefficient (Wildman–Crippen LogP) is 5.04. The summed E-state index contributed by atoms with van der Waals surface area (Å²) in [6, 6.07) is 17.5. The van der Waals surface area contributed by atoms with Crippen molar-refractivity contribution in [2.45, 2.75) is 65.2 Å². The fourth-order valence-electron chi connectivity index (χ4n) is 2.97. The van der Waals surface area contributed by atoms with E-state index in [1.165, 1.54) is 0 Å². The molecule has 0 heterocycles. The minimum atomic E-state index is -0.590. The van der Waals surface area contributed by atoms with E-state index in [1.54, 1.807) is 6.92 Å². The van der Waals surface area contributed by atoms with Crippen molar-refractivity contribution in [3.05, 3.63) is 65.7 Å². The number of ether oxygens (including phenoxy) is 3. The van der Waals surface area contributed by atoms with E-state index >= 15 is 0 Å². The number of amides is 1. The van der Waals surface area contributed by atoms with E-state index in [0.29, 0.717) is 26.1 Å². The predicted molar refractivity (Wildman–Crippen MR) is 120 cm³/mol. The highest BCUT2D eigenvalue weighted by atomic mass is 16.6. The monoisotopic (exact) mass is 427 g/mol. The molecule has 0 aliphatic heterocycles. The van der Waals surface area contributed by atoms with Crippen molar-refractivity contribution in [3.63, 3.8) is 0 Å². The van der Waals surface area contributed by atoms with Crippen molar-refractivity contribution in [1.82, 2.24) is 5.32 Å². The zero-order valence-corrected chi connectivity index (χ0v) is 18.9. The molecule has 1 atom stereocenters. The molecule has 2 aromatic rings. The Balaban J connectivity index is 1.95. The van der Waals surface area contributed by atoms with Crippen molar-refractivity contribution in [2.24, 2.45) is 0 Å². The summed E-state index contributed by atoms with van der Waals surface area (Å²) in [4.78, 5) is 24.0. The van der Waals surface area contributed by atoms with Gasteiger partial charge < -0.3 is 19.5 Å². The van der Waals surface area contributed by atoms with Crippen molar-refractivity contribution in [2.75, 3.05) is 6.61 Å². The molecule has 31 heavy (non-hydrogen) atoms. The van der Waals surface area contributed by atoms with Crippen LogP contribution in [0.3, 0.4) is 0 Å². The smallest absolute Gasteiger partial charge is 0.407 e. The fraction of sp³-hybridized carbons (Fsp3) is 0.440. The van der Waals surface area contributed by atoms with Crippen LogP contribution in [0.1, 0.15) is 51.7 Å². The van der Waals surface area contributed by atoms with Crippen molar-refractivity contribution >= 4 is 12.1 Å². The van der Waals surface area contributed by atoms with E-state index in [1.807, 2.05) is 75.4 Å². The number of hydrogen-bond donors (Lipinski definition) is 1. The third-order valence-corrected chi connectivity index (χ3v) is 4.38. The first-order valence-electron chi connectivity index (χ1n) is 10.7. The van der Waals surface area contributed by atoms with Crippen LogP contribution >= 0.6 is 0 Å². The van der Waals surface area contributed by atoms with Gasteiger partial charge in [-0.3, -0.25) is 4.79 Å². The molecule has 0 radical (unpaired) electrons. The van der Waals surface area contributed by atoms with E-state index < -0.39 is 11.7 Å². The quantitative estimate of drug-likeness (QED) is 0.538. The van der Waals surface area contributed by atoms with Crippen LogP contribution in [0.15, 0.2) is 54.6 Å². The van der Waals surface area contributed by atoms with Gasteiger partial charge in [0.05, 0.1) is 6.61 Å². The van der Waals surface area contributed by atoms with Crippen LogP contribution in [-0.2, 0) is 27.3 Å². The lowest BCUT2D eigenvalue weighted by atomic mass is 10.0. The van der Waals surface area contributed by atoms with Crippen LogP contribution in [0.25, 0.3) is 0 Å². The maximum Gasteiger partial charge on any atom is 0.407 e. The average molecular weight is 428 g/mol. The molecule has 0 aliphatic rings. The molecular formula is C25H33NO5. The van der Waals surface area contributed by atoms with E-state index in [4.69, 9.17) is 14.2 Å². The van der Waals surface area contributed by atoms with E-state index in [9.17, 15) is 9.59 Å². The SMILES string of the molecule is CCOC(=O)CC[C@H](Cc1ccc(OCc2ccccc2)cc1)NC(=O)OC(C)(C)C. The Morgan fingerprint density at radius 3 is 2.26 bits per heavy atom. The number of benzene rings is 2. The summed E-state index contributed by atoms with van der Waals surface area (Å²) in [5.41, 5.74) is 1.54. The highest BCUT2D eigenvalue weighted by Gasteiger charge is 2.20. The van der Waals surface area contributed by atoms with Crippen LogP contribution in [0, 0.1) is 0 Å². The van der Waals surface area contributed by atoms with E-state index in [0.717, 1.165) is 16.9 Å². The van der Waals surface area contributed by atoms with Crippen molar-refractivity contribution in [3.8, 4) is 5.75 Å². The second kappa shape index (κ2) is 12.0. The average Bonchev–Trinajstić information content (AvgIpc) is 2.71. The van der Waals surface area contributed by atoms with E-state index in [-0.39, 0.29) is 18.4 Å². The van der Waals surface area contributed by atoms with Gasteiger partial charge in [-0.1, -0.05) is 42.5 Å². The molecule has 0 saturated heterocycles. The van der Waals surface area contributed by atoms with Gasteiger partial charge in [-0.25, -0.2) is 4.79 Å². The Morgan fingerprint density at radius 2 is 1.65 bits per heavy atom. The van der Waals surface area contributed by atoms with Gasteiger partial charge in [0.25, 0.3) is 0 Å². The molecule has 0 unspecified atom stereocenters. The number of nitrogens with one attached hydrogen (secondary N) is 1. The number of hydrogen-bond acceptors (Lipinski definition) is 5. The molecule has 0 aliphatic carbocycles. The Morgan fingerprint density at radius 1 is 0.968 bits per heavy atom.